The molecule has 9 heteroatoms. The van der Waals surface area contributed by atoms with Gasteiger partial charge in [-0.05, 0) is 60.0 Å². The van der Waals surface area contributed by atoms with Crippen LogP contribution in [0.15, 0.2) is 0 Å². The molecule has 0 bridgehead atoms. The van der Waals surface area contributed by atoms with Crippen LogP contribution in [0.3, 0.4) is 0 Å². The van der Waals surface area contributed by atoms with Crippen LogP contribution in [-0.2, 0) is 14.4 Å². The van der Waals surface area contributed by atoms with Crippen molar-refractivity contribution in [2.45, 2.75) is 56.7 Å². The van der Waals surface area contributed by atoms with E-state index in [0.717, 1.165) is 0 Å². The molecule has 0 radical (unpaired) electrons. The van der Waals surface area contributed by atoms with Gasteiger partial charge in [-0.2, -0.15) is 0 Å². The van der Waals surface area contributed by atoms with Gasteiger partial charge in [0.05, 0.1) is 0 Å². The molecule has 0 spiro atoms. The van der Waals surface area contributed by atoms with Crippen molar-refractivity contribution in [3.05, 3.63) is 0 Å². The maximum Gasteiger partial charge on any atom is 0.222 e. The first-order valence-corrected chi connectivity index (χ1v) is 9.80. The van der Waals surface area contributed by atoms with E-state index < -0.39 is 0 Å². The molecule has 1 heterocycles. The lowest BCUT2D eigenvalue weighted by molar-refractivity contribution is -0.126. The first-order valence-electron chi connectivity index (χ1n) is 9.80. The molecule has 27 heavy (non-hydrogen) atoms. The third kappa shape index (κ3) is 10.3. The lowest BCUT2D eigenvalue weighted by atomic mass is 10.0. The van der Waals surface area contributed by atoms with Crippen LogP contribution >= 0.6 is 0 Å². The first kappa shape index (κ1) is 23.3. The Balaban J connectivity index is 2.88. The Labute approximate surface area is 162 Å². The average molecular weight is 385 g/mol. The van der Waals surface area contributed by atoms with Gasteiger partial charge in [0.1, 0.15) is 0 Å². The number of hydrogen-bond donors (Lipinski definition) is 6. The fourth-order valence-corrected chi connectivity index (χ4v) is 3.16. The van der Waals surface area contributed by atoms with E-state index in [0.29, 0.717) is 38.9 Å². The van der Waals surface area contributed by atoms with E-state index >= 15 is 0 Å². The number of amides is 3. The Kier molecular flexibility index (Phi) is 11.6. The standard InChI is InChI=1S/C18H36N6O3/c1-19-7-4-13-10-16(25)23-15(6-9-21-3)12-18(27)24-14(5-8-20-2)11-17(26)22-13/h13-15,19-21H,4-12H2,1-3H3,(H,22,26)(H,23,25)(H,24,27). The van der Waals surface area contributed by atoms with Gasteiger partial charge < -0.3 is 31.9 Å². The highest BCUT2D eigenvalue weighted by Crippen LogP contribution is 2.07. The number of nitrogens with one attached hydrogen (secondary N) is 6. The Morgan fingerprint density at radius 3 is 1.11 bits per heavy atom. The first-order chi connectivity index (χ1) is 13.0. The molecule has 6 N–H and O–H groups in total. The molecule has 0 saturated carbocycles. The van der Waals surface area contributed by atoms with Gasteiger partial charge in [0.15, 0.2) is 0 Å². The highest BCUT2D eigenvalue weighted by molar-refractivity contribution is 5.83. The summed E-state index contributed by atoms with van der Waals surface area (Å²) in [5.74, 6) is -0.423. The van der Waals surface area contributed by atoms with Gasteiger partial charge in [0.2, 0.25) is 17.7 Å². The third-order valence-corrected chi connectivity index (χ3v) is 4.62. The Hall–Kier alpha value is -1.71. The summed E-state index contributed by atoms with van der Waals surface area (Å²) in [7, 11) is 5.52. The van der Waals surface area contributed by atoms with E-state index in [-0.39, 0.29) is 55.1 Å². The van der Waals surface area contributed by atoms with Crippen molar-refractivity contribution in [2.24, 2.45) is 0 Å². The molecule has 156 valence electrons. The molecular formula is C18H36N6O3. The summed E-state index contributed by atoms with van der Waals surface area (Å²) in [6.07, 6.45) is 2.66. The quantitative estimate of drug-likeness (QED) is 0.286. The summed E-state index contributed by atoms with van der Waals surface area (Å²) in [5, 5.41) is 18.0. The summed E-state index contributed by atoms with van der Waals surface area (Å²) in [6, 6.07) is -0.681. The van der Waals surface area contributed by atoms with Gasteiger partial charge in [-0.3, -0.25) is 14.4 Å². The fourth-order valence-electron chi connectivity index (χ4n) is 3.16. The van der Waals surface area contributed by atoms with Crippen molar-refractivity contribution in [3.8, 4) is 0 Å². The molecule has 1 aliphatic heterocycles. The Bertz CT molecular complexity index is 383. The molecule has 9 nitrogen and oxygen atoms in total. The maximum atomic E-state index is 12.4. The lowest BCUT2D eigenvalue weighted by Gasteiger charge is -2.26. The second kappa shape index (κ2) is 13.5. The van der Waals surface area contributed by atoms with Crippen molar-refractivity contribution in [3.63, 3.8) is 0 Å². The molecule has 1 rings (SSSR count). The number of rotatable bonds is 9. The largest absolute Gasteiger partial charge is 0.353 e. The van der Waals surface area contributed by atoms with E-state index in [2.05, 4.69) is 31.9 Å². The molecule has 0 aliphatic carbocycles. The molecule has 3 unspecified atom stereocenters. The highest BCUT2D eigenvalue weighted by atomic mass is 16.2. The summed E-state index contributed by atoms with van der Waals surface area (Å²) in [4.78, 5) is 37.3. The van der Waals surface area contributed by atoms with Crippen LogP contribution in [0, 0.1) is 0 Å². The number of carbonyl (C=O) groups is 3. The van der Waals surface area contributed by atoms with Gasteiger partial charge in [-0.15, -0.1) is 0 Å². The molecule has 0 aromatic heterocycles. The Morgan fingerprint density at radius 1 is 0.630 bits per heavy atom. The van der Waals surface area contributed by atoms with Crippen LogP contribution in [0.2, 0.25) is 0 Å². The second-order valence-electron chi connectivity index (χ2n) is 7.08. The van der Waals surface area contributed by atoms with Gasteiger partial charge in [0, 0.05) is 37.4 Å². The zero-order valence-corrected chi connectivity index (χ0v) is 16.8. The zero-order valence-electron chi connectivity index (χ0n) is 16.8. The minimum absolute atomic E-state index is 0.141. The molecule has 0 aromatic carbocycles. The summed E-state index contributed by atoms with van der Waals surface area (Å²) in [6.45, 7) is 2.13. The van der Waals surface area contributed by atoms with E-state index in [4.69, 9.17) is 0 Å². The topological polar surface area (TPSA) is 123 Å². The van der Waals surface area contributed by atoms with Crippen molar-refractivity contribution < 1.29 is 14.4 Å². The summed E-state index contributed by atoms with van der Waals surface area (Å²) in [5.41, 5.74) is 0. The smallest absolute Gasteiger partial charge is 0.222 e. The van der Waals surface area contributed by atoms with E-state index in [1.807, 2.05) is 21.1 Å². The number of hydrogen-bond acceptors (Lipinski definition) is 6. The van der Waals surface area contributed by atoms with Crippen LogP contribution in [0.4, 0.5) is 0 Å². The normalized spacial score (nSPS) is 25.0. The predicted molar refractivity (Wildman–Crippen MR) is 105 cm³/mol. The lowest BCUT2D eigenvalue weighted by Crippen LogP contribution is -2.49. The van der Waals surface area contributed by atoms with E-state index in [1.54, 1.807) is 0 Å². The molecule has 1 saturated heterocycles. The van der Waals surface area contributed by atoms with Crippen molar-refractivity contribution in [2.75, 3.05) is 40.8 Å². The van der Waals surface area contributed by atoms with Gasteiger partial charge in [0.25, 0.3) is 0 Å². The van der Waals surface area contributed by atoms with Crippen LogP contribution in [-0.4, -0.2) is 76.6 Å². The van der Waals surface area contributed by atoms with Gasteiger partial charge in [-0.25, -0.2) is 0 Å². The molecule has 0 aromatic rings. The Morgan fingerprint density at radius 2 is 0.889 bits per heavy atom. The van der Waals surface area contributed by atoms with Crippen molar-refractivity contribution in [1.29, 1.82) is 0 Å². The van der Waals surface area contributed by atoms with Crippen LogP contribution < -0.4 is 31.9 Å². The average Bonchev–Trinajstić information content (AvgIpc) is 2.61. The zero-order chi connectivity index (χ0) is 20.1. The third-order valence-electron chi connectivity index (χ3n) is 4.62. The van der Waals surface area contributed by atoms with E-state index in [9.17, 15) is 14.4 Å². The van der Waals surface area contributed by atoms with Crippen LogP contribution in [0.5, 0.6) is 0 Å². The summed E-state index contributed by atoms with van der Waals surface area (Å²) >= 11 is 0. The highest BCUT2D eigenvalue weighted by Gasteiger charge is 2.24. The van der Waals surface area contributed by atoms with Gasteiger partial charge >= 0.3 is 0 Å². The van der Waals surface area contributed by atoms with Crippen LogP contribution in [0.1, 0.15) is 38.5 Å². The second-order valence-corrected chi connectivity index (χ2v) is 7.08. The maximum absolute atomic E-state index is 12.4. The van der Waals surface area contributed by atoms with Gasteiger partial charge in [-0.1, -0.05) is 0 Å². The molecule has 1 fully saturated rings. The SMILES string of the molecule is CNCCC1CC(=O)NC(CCNC)CC(=O)NC(CCNC)CC(=O)N1. The number of carbonyl (C=O) groups excluding carboxylic acids is 3. The van der Waals surface area contributed by atoms with Crippen molar-refractivity contribution >= 4 is 17.7 Å². The molecule has 1 aliphatic rings. The van der Waals surface area contributed by atoms with Crippen LogP contribution in [0.25, 0.3) is 0 Å². The van der Waals surface area contributed by atoms with Crippen molar-refractivity contribution in [1.82, 2.24) is 31.9 Å². The summed E-state index contributed by atoms with van der Waals surface area (Å²) < 4.78 is 0. The monoisotopic (exact) mass is 384 g/mol. The van der Waals surface area contributed by atoms with E-state index in [1.165, 1.54) is 0 Å². The molecular weight excluding hydrogens is 348 g/mol. The minimum Gasteiger partial charge on any atom is -0.353 e. The molecule has 3 atom stereocenters. The minimum atomic E-state index is -0.227. The fraction of sp³-hybridized carbons (Fsp3) is 0.833. The molecule has 3 amide bonds. The predicted octanol–water partition coefficient (Wildman–Crippen LogP) is -1.55.